The minimum atomic E-state index is 0.0886. The second-order valence-electron chi connectivity index (χ2n) is 8.31. The van der Waals surface area contributed by atoms with Crippen molar-refractivity contribution in [3.8, 4) is 0 Å². The van der Waals surface area contributed by atoms with Crippen molar-refractivity contribution in [1.82, 2.24) is 20.3 Å². The molecule has 0 aliphatic heterocycles. The van der Waals surface area contributed by atoms with Gasteiger partial charge in [0.2, 0.25) is 5.91 Å². The van der Waals surface area contributed by atoms with Gasteiger partial charge in [-0.2, -0.15) is 15.4 Å². The number of aromatic amines is 1. The Balaban J connectivity index is 1.28. The fraction of sp³-hybridized carbons (Fsp3) is 0.571. The second-order valence-corrected chi connectivity index (χ2v) is 8.31. The summed E-state index contributed by atoms with van der Waals surface area (Å²) in [6.07, 6.45) is 7.14. The molecule has 1 unspecified atom stereocenters. The van der Waals surface area contributed by atoms with E-state index < -0.39 is 0 Å². The number of carbonyl (C=O) groups is 1. The van der Waals surface area contributed by atoms with Crippen LogP contribution in [0.5, 0.6) is 0 Å². The van der Waals surface area contributed by atoms with Gasteiger partial charge in [-0.1, -0.05) is 24.3 Å². The summed E-state index contributed by atoms with van der Waals surface area (Å²) in [7, 11) is 0. The molecule has 1 heterocycles. The fourth-order valence-corrected chi connectivity index (χ4v) is 4.83. The molecule has 2 aromatic rings. The monoisotopic (exact) mass is 350 g/mol. The number of aromatic nitrogens is 3. The lowest BCUT2D eigenvalue weighted by Crippen LogP contribution is -2.51. The molecule has 0 bridgehead atoms. The maximum atomic E-state index is 13.3. The molecule has 1 N–H and O–H groups in total. The summed E-state index contributed by atoms with van der Waals surface area (Å²) in [4.78, 5) is 15.6. The van der Waals surface area contributed by atoms with Crippen molar-refractivity contribution in [2.45, 2.75) is 69.9 Å². The van der Waals surface area contributed by atoms with Crippen LogP contribution >= 0.6 is 0 Å². The van der Waals surface area contributed by atoms with Gasteiger partial charge < -0.3 is 4.90 Å². The Bertz CT molecular complexity index is 819. The molecular weight excluding hydrogens is 324 g/mol. The minimum absolute atomic E-state index is 0.0886. The Kier molecular flexibility index (Phi) is 3.84. The molecule has 0 spiro atoms. The van der Waals surface area contributed by atoms with Crippen LogP contribution in [0.2, 0.25) is 0 Å². The summed E-state index contributed by atoms with van der Waals surface area (Å²) in [5, 5.41) is 11.2. The number of amides is 1. The number of rotatable bonds is 4. The largest absolute Gasteiger partial charge is 0.336 e. The molecule has 5 heteroatoms. The molecule has 1 atom stereocenters. The van der Waals surface area contributed by atoms with Gasteiger partial charge in [0.1, 0.15) is 0 Å². The minimum Gasteiger partial charge on any atom is -0.336 e. The molecule has 5 rings (SSSR count). The highest BCUT2D eigenvalue weighted by molar-refractivity contribution is 5.80. The Morgan fingerprint density at radius 3 is 2.62 bits per heavy atom. The molecule has 0 saturated heterocycles. The second kappa shape index (κ2) is 6.22. The van der Waals surface area contributed by atoms with E-state index in [0.717, 1.165) is 43.5 Å². The number of nitrogens with one attached hydrogen (secondary N) is 1. The lowest BCUT2D eigenvalue weighted by atomic mass is 9.73. The van der Waals surface area contributed by atoms with Gasteiger partial charge in [0, 0.05) is 24.4 Å². The molecule has 1 aromatic heterocycles. The van der Waals surface area contributed by atoms with Gasteiger partial charge in [0.25, 0.3) is 0 Å². The first-order valence-electron chi connectivity index (χ1n) is 9.97. The number of hydrogen-bond acceptors (Lipinski definition) is 3. The van der Waals surface area contributed by atoms with Crippen molar-refractivity contribution >= 4 is 5.91 Å². The van der Waals surface area contributed by atoms with E-state index in [1.165, 1.54) is 24.0 Å². The molecule has 136 valence electrons. The zero-order chi connectivity index (χ0) is 17.7. The molecule has 1 aromatic carbocycles. The molecule has 26 heavy (non-hydrogen) atoms. The Hall–Kier alpha value is -2.17. The SMILES string of the molecule is Cc1ccccc1C1CC(N(C(=O)C2CCc3n[nH]nc3C2)C2CC2)C1. The highest BCUT2D eigenvalue weighted by atomic mass is 16.2. The van der Waals surface area contributed by atoms with Crippen LogP contribution in [-0.2, 0) is 17.6 Å². The van der Waals surface area contributed by atoms with Gasteiger partial charge in [-0.3, -0.25) is 4.79 Å². The van der Waals surface area contributed by atoms with Crippen molar-refractivity contribution in [2.75, 3.05) is 0 Å². The fourth-order valence-electron chi connectivity index (χ4n) is 4.83. The molecule has 0 radical (unpaired) electrons. The van der Waals surface area contributed by atoms with Crippen molar-refractivity contribution < 1.29 is 4.79 Å². The first-order valence-corrected chi connectivity index (χ1v) is 9.97. The smallest absolute Gasteiger partial charge is 0.226 e. The Labute approximate surface area is 154 Å². The van der Waals surface area contributed by atoms with Gasteiger partial charge in [-0.05, 0) is 62.5 Å². The van der Waals surface area contributed by atoms with E-state index in [2.05, 4.69) is 51.5 Å². The van der Waals surface area contributed by atoms with Crippen molar-refractivity contribution in [3.63, 3.8) is 0 Å². The zero-order valence-corrected chi connectivity index (χ0v) is 15.3. The van der Waals surface area contributed by atoms with Gasteiger partial charge in [-0.25, -0.2) is 0 Å². The average Bonchev–Trinajstić information content (AvgIpc) is 3.34. The molecule has 2 saturated carbocycles. The Morgan fingerprint density at radius 2 is 1.85 bits per heavy atom. The number of aryl methyl sites for hydroxylation is 2. The van der Waals surface area contributed by atoms with E-state index in [9.17, 15) is 4.79 Å². The average molecular weight is 350 g/mol. The number of benzene rings is 1. The van der Waals surface area contributed by atoms with Gasteiger partial charge >= 0.3 is 0 Å². The van der Waals surface area contributed by atoms with Crippen molar-refractivity contribution in [3.05, 3.63) is 46.8 Å². The third kappa shape index (κ3) is 2.74. The van der Waals surface area contributed by atoms with Crippen LogP contribution in [0.1, 0.15) is 60.5 Å². The van der Waals surface area contributed by atoms with Crippen LogP contribution < -0.4 is 0 Å². The van der Waals surface area contributed by atoms with Crippen LogP contribution in [0.15, 0.2) is 24.3 Å². The number of nitrogens with zero attached hydrogens (tertiary/aromatic N) is 3. The van der Waals surface area contributed by atoms with E-state index in [1.54, 1.807) is 0 Å². The highest BCUT2D eigenvalue weighted by Crippen LogP contribution is 2.45. The van der Waals surface area contributed by atoms with E-state index in [4.69, 9.17) is 0 Å². The summed E-state index contributed by atoms with van der Waals surface area (Å²) >= 11 is 0. The third-order valence-corrected chi connectivity index (χ3v) is 6.55. The molecule has 2 fully saturated rings. The zero-order valence-electron chi connectivity index (χ0n) is 15.3. The topological polar surface area (TPSA) is 61.9 Å². The summed E-state index contributed by atoms with van der Waals surface area (Å²) < 4.78 is 0. The van der Waals surface area contributed by atoms with E-state index in [-0.39, 0.29) is 5.92 Å². The van der Waals surface area contributed by atoms with Gasteiger partial charge in [-0.15, -0.1) is 0 Å². The summed E-state index contributed by atoms with van der Waals surface area (Å²) in [6, 6.07) is 9.62. The van der Waals surface area contributed by atoms with E-state index in [1.807, 2.05) is 0 Å². The first kappa shape index (κ1) is 16.0. The molecule has 5 nitrogen and oxygen atoms in total. The normalized spacial score (nSPS) is 27.5. The van der Waals surface area contributed by atoms with Crippen LogP contribution in [-0.4, -0.2) is 38.3 Å². The summed E-state index contributed by atoms with van der Waals surface area (Å²) in [6.45, 7) is 2.20. The van der Waals surface area contributed by atoms with Crippen LogP contribution in [0.25, 0.3) is 0 Å². The number of H-pyrrole nitrogens is 1. The maximum absolute atomic E-state index is 13.3. The quantitative estimate of drug-likeness (QED) is 0.921. The molecule has 3 aliphatic rings. The molecule has 1 amide bonds. The number of fused-ring (bicyclic) bond motifs is 1. The number of hydrogen-bond donors (Lipinski definition) is 1. The first-order chi connectivity index (χ1) is 12.7. The van der Waals surface area contributed by atoms with Crippen molar-refractivity contribution in [2.24, 2.45) is 5.92 Å². The van der Waals surface area contributed by atoms with Gasteiger partial charge in [0.05, 0.1) is 11.4 Å². The number of carbonyl (C=O) groups excluding carboxylic acids is 1. The van der Waals surface area contributed by atoms with E-state index in [0.29, 0.717) is 23.9 Å². The van der Waals surface area contributed by atoms with Crippen LogP contribution in [0, 0.1) is 12.8 Å². The van der Waals surface area contributed by atoms with Gasteiger partial charge in [0.15, 0.2) is 0 Å². The van der Waals surface area contributed by atoms with E-state index >= 15 is 0 Å². The lowest BCUT2D eigenvalue weighted by molar-refractivity contribution is -0.141. The Morgan fingerprint density at radius 1 is 1.08 bits per heavy atom. The predicted molar refractivity (Wildman–Crippen MR) is 98.7 cm³/mol. The van der Waals surface area contributed by atoms with Crippen LogP contribution in [0.4, 0.5) is 0 Å². The summed E-state index contributed by atoms with van der Waals surface area (Å²) in [5.41, 5.74) is 4.90. The molecule has 3 aliphatic carbocycles. The molecular formula is C21H26N4O. The highest BCUT2D eigenvalue weighted by Gasteiger charge is 2.45. The lowest BCUT2D eigenvalue weighted by Gasteiger charge is -2.45. The van der Waals surface area contributed by atoms with Crippen LogP contribution in [0.3, 0.4) is 0 Å². The van der Waals surface area contributed by atoms with Crippen molar-refractivity contribution in [1.29, 1.82) is 0 Å². The summed E-state index contributed by atoms with van der Waals surface area (Å²) in [5.74, 6) is 1.07. The maximum Gasteiger partial charge on any atom is 0.226 e. The predicted octanol–water partition coefficient (Wildman–Crippen LogP) is 3.16. The standard InChI is InChI=1S/C21H26N4O/c1-13-4-2-3-5-18(13)15-10-17(11-15)25(16-7-8-16)21(26)14-6-9-19-20(12-14)23-24-22-19/h2-5,14-17H,6-12H2,1H3,(H,22,23,24). The third-order valence-electron chi connectivity index (χ3n) is 6.55.